The molecule has 3 aromatic rings. The van der Waals surface area contributed by atoms with Crippen molar-refractivity contribution in [3.8, 4) is 0 Å². The number of nitrogens with one attached hydrogen (secondary N) is 1. The first-order chi connectivity index (χ1) is 15.4. The Morgan fingerprint density at radius 3 is 2.75 bits per heavy atom. The number of carbonyl (C=O) groups is 2. The van der Waals surface area contributed by atoms with E-state index in [1.165, 1.54) is 0 Å². The Kier molecular flexibility index (Phi) is 5.03. The maximum Gasteiger partial charge on any atom is 0.287 e. The van der Waals surface area contributed by atoms with Crippen molar-refractivity contribution in [1.29, 1.82) is 0 Å². The van der Waals surface area contributed by atoms with Crippen LogP contribution in [0.3, 0.4) is 0 Å². The second-order valence-corrected chi connectivity index (χ2v) is 9.15. The quantitative estimate of drug-likeness (QED) is 0.664. The van der Waals surface area contributed by atoms with E-state index < -0.39 is 0 Å². The van der Waals surface area contributed by atoms with Crippen LogP contribution < -0.4 is 5.32 Å². The fourth-order valence-corrected chi connectivity index (χ4v) is 5.26. The minimum atomic E-state index is -0.185. The first kappa shape index (κ1) is 20.7. The number of piperidine rings is 1. The van der Waals surface area contributed by atoms with Crippen molar-refractivity contribution in [1.82, 2.24) is 25.0 Å². The number of aromatic nitrogens is 3. The molecule has 0 aromatic carbocycles. The van der Waals surface area contributed by atoms with Crippen molar-refractivity contribution in [2.45, 2.75) is 46.6 Å². The van der Waals surface area contributed by atoms with Crippen LogP contribution in [-0.2, 0) is 6.54 Å². The third-order valence-electron chi connectivity index (χ3n) is 7.36. The number of carbonyl (C=O) groups excluding carboxylic acids is 2. The Labute approximate surface area is 187 Å². The zero-order valence-corrected chi connectivity index (χ0v) is 18.9. The van der Waals surface area contributed by atoms with Crippen molar-refractivity contribution in [3.63, 3.8) is 0 Å². The van der Waals surface area contributed by atoms with Crippen LogP contribution in [-0.4, -0.2) is 51.1 Å². The zero-order valence-electron chi connectivity index (χ0n) is 18.9. The molecule has 4 heterocycles. The molecule has 8 heteroatoms. The molecule has 1 aliphatic carbocycles. The van der Waals surface area contributed by atoms with Crippen molar-refractivity contribution in [2.75, 3.05) is 19.6 Å². The molecule has 2 amide bonds. The fraction of sp³-hybridized carbons (Fsp3) is 0.500. The second kappa shape index (κ2) is 7.76. The lowest BCUT2D eigenvalue weighted by atomic mass is 9.90. The van der Waals surface area contributed by atoms with Crippen molar-refractivity contribution in [2.24, 2.45) is 11.3 Å². The molecular weight excluding hydrogens is 406 g/mol. The Hall–Kier alpha value is -3.16. The minimum absolute atomic E-state index is 0.0967. The summed E-state index contributed by atoms with van der Waals surface area (Å²) in [5, 5.41) is 8.40. The number of aryl methyl sites for hydroxylation is 2. The summed E-state index contributed by atoms with van der Waals surface area (Å²) in [5.74, 6) is 0.691. The van der Waals surface area contributed by atoms with Gasteiger partial charge in [-0.05, 0) is 63.5 Å². The van der Waals surface area contributed by atoms with Crippen LogP contribution in [0.4, 0.5) is 0 Å². The molecule has 0 bridgehead atoms. The highest BCUT2D eigenvalue weighted by atomic mass is 16.3. The zero-order chi connectivity index (χ0) is 22.5. The van der Waals surface area contributed by atoms with Gasteiger partial charge in [-0.1, -0.05) is 0 Å². The van der Waals surface area contributed by atoms with Gasteiger partial charge >= 0.3 is 0 Å². The molecular formula is C24H29N5O3. The first-order valence-corrected chi connectivity index (χ1v) is 11.4. The van der Waals surface area contributed by atoms with Crippen LogP contribution in [0.25, 0.3) is 11.0 Å². The monoisotopic (exact) mass is 435 g/mol. The molecule has 1 unspecified atom stereocenters. The van der Waals surface area contributed by atoms with Gasteiger partial charge < -0.3 is 14.6 Å². The topological polar surface area (TPSA) is 93.3 Å². The summed E-state index contributed by atoms with van der Waals surface area (Å²) < 4.78 is 7.50. The number of nitrogens with zero attached hydrogens (tertiary/aromatic N) is 4. The molecule has 2 fully saturated rings. The molecule has 8 nitrogen and oxygen atoms in total. The molecule has 3 aromatic heterocycles. The van der Waals surface area contributed by atoms with E-state index in [4.69, 9.17) is 4.42 Å². The fourth-order valence-electron chi connectivity index (χ4n) is 5.26. The molecule has 168 valence electrons. The van der Waals surface area contributed by atoms with Gasteiger partial charge in [-0.2, -0.15) is 5.10 Å². The Bertz CT molecular complexity index is 1150. The Morgan fingerprint density at radius 2 is 2.06 bits per heavy atom. The second-order valence-electron chi connectivity index (χ2n) is 9.15. The molecule has 0 radical (unpaired) electrons. The molecule has 1 aliphatic heterocycles. The molecule has 32 heavy (non-hydrogen) atoms. The summed E-state index contributed by atoms with van der Waals surface area (Å²) >= 11 is 0. The molecule has 1 spiro atoms. The van der Waals surface area contributed by atoms with E-state index in [1.807, 2.05) is 36.4 Å². The van der Waals surface area contributed by atoms with E-state index in [2.05, 4.69) is 15.4 Å². The van der Waals surface area contributed by atoms with Gasteiger partial charge in [-0.25, -0.2) is 0 Å². The van der Waals surface area contributed by atoms with Crippen LogP contribution in [0.15, 0.2) is 28.9 Å². The lowest BCUT2D eigenvalue weighted by Crippen LogP contribution is -2.40. The van der Waals surface area contributed by atoms with Crippen molar-refractivity contribution < 1.29 is 14.0 Å². The third-order valence-corrected chi connectivity index (χ3v) is 7.36. The number of furan rings is 1. The molecule has 1 saturated carbocycles. The number of rotatable bonds is 5. The normalized spacial score (nSPS) is 19.5. The van der Waals surface area contributed by atoms with E-state index in [-0.39, 0.29) is 17.2 Å². The Balaban J connectivity index is 1.15. The maximum atomic E-state index is 13.1. The summed E-state index contributed by atoms with van der Waals surface area (Å²) in [4.78, 5) is 31.6. The van der Waals surface area contributed by atoms with Crippen molar-refractivity contribution >= 4 is 22.8 Å². The van der Waals surface area contributed by atoms with E-state index in [0.717, 1.165) is 61.2 Å². The highest BCUT2D eigenvalue weighted by Gasteiger charge is 2.55. The van der Waals surface area contributed by atoms with Gasteiger partial charge in [0.15, 0.2) is 11.3 Å². The summed E-state index contributed by atoms with van der Waals surface area (Å²) in [6, 6.07) is 3.58. The summed E-state index contributed by atoms with van der Waals surface area (Å²) in [6.45, 7) is 8.85. The van der Waals surface area contributed by atoms with Gasteiger partial charge in [0.05, 0.1) is 17.5 Å². The van der Waals surface area contributed by atoms with Crippen LogP contribution in [0.2, 0.25) is 0 Å². The molecule has 1 atom stereocenters. The van der Waals surface area contributed by atoms with Gasteiger partial charge in [-0.15, -0.1) is 0 Å². The van der Waals surface area contributed by atoms with E-state index >= 15 is 0 Å². The SMILES string of the molecule is CCn1nc(C)c(C(=O)N2CCC3(CC2)CC3CNC(=O)c2cc3ccncc3o2)c1C. The van der Waals surface area contributed by atoms with E-state index in [0.29, 0.717) is 23.8 Å². The lowest BCUT2D eigenvalue weighted by Gasteiger charge is -2.33. The van der Waals surface area contributed by atoms with Crippen LogP contribution in [0.5, 0.6) is 0 Å². The Morgan fingerprint density at radius 1 is 1.28 bits per heavy atom. The highest BCUT2D eigenvalue weighted by Crippen LogP contribution is 2.59. The first-order valence-electron chi connectivity index (χ1n) is 11.4. The highest BCUT2D eigenvalue weighted by molar-refractivity contribution is 5.97. The number of pyridine rings is 1. The number of fused-ring (bicyclic) bond motifs is 1. The predicted molar refractivity (Wildman–Crippen MR) is 119 cm³/mol. The van der Waals surface area contributed by atoms with Crippen molar-refractivity contribution in [3.05, 3.63) is 47.2 Å². The third kappa shape index (κ3) is 3.47. The maximum absolute atomic E-state index is 13.1. The average molecular weight is 436 g/mol. The van der Waals surface area contributed by atoms with E-state index in [9.17, 15) is 9.59 Å². The number of likely N-dealkylation sites (tertiary alicyclic amines) is 1. The largest absolute Gasteiger partial charge is 0.449 e. The van der Waals surface area contributed by atoms with Gasteiger partial charge in [0.2, 0.25) is 0 Å². The number of hydrogen-bond acceptors (Lipinski definition) is 5. The summed E-state index contributed by atoms with van der Waals surface area (Å²) in [6.07, 6.45) is 6.37. The lowest BCUT2D eigenvalue weighted by molar-refractivity contribution is 0.0667. The van der Waals surface area contributed by atoms with Crippen LogP contribution >= 0.6 is 0 Å². The standard InChI is InChI=1S/C24H29N5O3/c1-4-29-16(3)21(15(2)27-29)23(31)28-9-6-24(7-10-28)12-18(24)13-26-22(30)19-11-17-5-8-25-14-20(17)32-19/h5,8,11,14,18H,4,6-7,9-10,12-13H2,1-3H3,(H,26,30). The van der Waals surface area contributed by atoms with Gasteiger partial charge in [-0.3, -0.25) is 19.3 Å². The van der Waals surface area contributed by atoms with E-state index in [1.54, 1.807) is 18.5 Å². The molecule has 2 aliphatic rings. The van der Waals surface area contributed by atoms with Gasteiger partial charge in [0.1, 0.15) is 0 Å². The summed E-state index contributed by atoms with van der Waals surface area (Å²) in [7, 11) is 0. The average Bonchev–Trinajstić information content (AvgIpc) is 3.14. The minimum Gasteiger partial charge on any atom is -0.449 e. The van der Waals surface area contributed by atoms with Gasteiger partial charge in [0.25, 0.3) is 11.8 Å². The molecule has 5 rings (SSSR count). The van der Waals surface area contributed by atoms with Crippen LogP contribution in [0, 0.1) is 25.2 Å². The predicted octanol–water partition coefficient (Wildman–Crippen LogP) is 3.33. The smallest absolute Gasteiger partial charge is 0.287 e. The summed E-state index contributed by atoms with van der Waals surface area (Å²) in [5.41, 5.74) is 3.38. The molecule has 1 N–H and O–H groups in total. The number of hydrogen-bond donors (Lipinski definition) is 1. The number of amides is 2. The van der Waals surface area contributed by atoms with Crippen LogP contribution in [0.1, 0.15) is 58.5 Å². The van der Waals surface area contributed by atoms with Gasteiger partial charge in [0, 0.05) is 43.5 Å². The molecule has 1 saturated heterocycles.